The molecule has 0 radical (unpaired) electrons. The third-order valence-corrected chi connectivity index (χ3v) is 4.87. The van der Waals surface area contributed by atoms with E-state index in [9.17, 15) is 14.4 Å². The average molecular weight is 386 g/mol. The van der Waals surface area contributed by atoms with Crippen LogP contribution in [0.1, 0.15) is 27.0 Å². The number of carboxylic acids is 1. The summed E-state index contributed by atoms with van der Waals surface area (Å²) >= 11 is 1.29. The smallest absolute Gasteiger partial charge is 0.313 e. The van der Waals surface area contributed by atoms with Crippen molar-refractivity contribution in [2.24, 2.45) is 0 Å². The van der Waals surface area contributed by atoms with Gasteiger partial charge in [-0.25, -0.2) is 0 Å². The number of amides is 2. The number of carbonyl (C=O) groups is 3. The van der Waals surface area contributed by atoms with E-state index in [0.29, 0.717) is 17.0 Å². The van der Waals surface area contributed by atoms with E-state index in [1.807, 2.05) is 26.0 Å². The van der Waals surface area contributed by atoms with Gasteiger partial charge < -0.3 is 15.7 Å². The number of hydrogen-bond acceptors (Lipinski definition) is 4. The zero-order valence-electron chi connectivity index (χ0n) is 15.2. The van der Waals surface area contributed by atoms with Gasteiger partial charge in [0.25, 0.3) is 5.91 Å². The number of aryl methyl sites for hydroxylation is 2. The van der Waals surface area contributed by atoms with E-state index in [4.69, 9.17) is 5.11 Å². The maximum Gasteiger partial charge on any atom is 0.313 e. The van der Waals surface area contributed by atoms with Crippen molar-refractivity contribution >= 4 is 35.2 Å². The monoisotopic (exact) mass is 386 g/mol. The van der Waals surface area contributed by atoms with Gasteiger partial charge in [-0.3, -0.25) is 14.4 Å². The van der Waals surface area contributed by atoms with E-state index in [0.717, 1.165) is 16.7 Å². The van der Waals surface area contributed by atoms with Crippen LogP contribution in [0.5, 0.6) is 0 Å². The first-order valence-corrected chi connectivity index (χ1v) is 9.54. The Morgan fingerprint density at radius 3 is 2.52 bits per heavy atom. The number of carbonyl (C=O) groups excluding carboxylic acids is 2. The van der Waals surface area contributed by atoms with Crippen molar-refractivity contribution in [1.29, 1.82) is 0 Å². The van der Waals surface area contributed by atoms with Crippen LogP contribution in [0.15, 0.2) is 42.5 Å². The van der Waals surface area contributed by atoms with Crippen LogP contribution in [0.25, 0.3) is 0 Å². The number of benzene rings is 2. The van der Waals surface area contributed by atoms with Gasteiger partial charge >= 0.3 is 5.97 Å². The second-order valence-electron chi connectivity index (χ2n) is 6.12. The molecule has 142 valence electrons. The predicted molar refractivity (Wildman–Crippen MR) is 107 cm³/mol. The largest absolute Gasteiger partial charge is 0.481 e. The molecule has 2 aromatic rings. The maximum absolute atomic E-state index is 12.2. The third-order valence-electron chi connectivity index (χ3n) is 3.88. The highest BCUT2D eigenvalue weighted by Gasteiger charge is 2.09. The molecule has 0 aliphatic heterocycles. The van der Waals surface area contributed by atoms with E-state index >= 15 is 0 Å². The second-order valence-corrected chi connectivity index (χ2v) is 7.10. The molecule has 2 amide bonds. The molecule has 3 N–H and O–H groups in total. The van der Waals surface area contributed by atoms with Crippen LogP contribution < -0.4 is 10.6 Å². The lowest BCUT2D eigenvalue weighted by Crippen LogP contribution is -2.32. The summed E-state index contributed by atoms with van der Waals surface area (Å²) in [5.74, 6) is -0.917. The third kappa shape index (κ3) is 6.79. The normalized spacial score (nSPS) is 10.3. The van der Waals surface area contributed by atoms with Crippen LogP contribution in [0, 0.1) is 13.8 Å². The number of carboxylic acid groups (broad SMARTS) is 1. The van der Waals surface area contributed by atoms with Gasteiger partial charge in [0.1, 0.15) is 0 Å². The van der Waals surface area contributed by atoms with Crippen LogP contribution in [-0.4, -0.2) is 35.2 Å². The summed E-state index contributed by atoms with van der Waals surface area (Å²) in [7, 11) is 0. The Morgan fingerprint density at radius 2 is 1.81 bits per heavy atom. The lowest BCUT2D eigenvalue weighted by atomic mass is 10.1. The van der Waals surface area contributed by atoms with Crippen molar-refractivity contribution in [3.8, 4) is 0 Å². The summed E-state index contributed by atoms with van der Waals surface area (Å²) in [5, 5.41) is 14.0. The molecule has 27 heavy (non-hydrogen) atoms. The average Bonchev–Trinajstić information content (AvgIpc) is 2.62. The standard InChI is InChI=1S/C20H22N2O4S/c1-13-6-7-16(8-14(13)2)20(26)21-10-18(23)22-17-5-3-4-15(9-17)11-27-12-19(24)25/h3-9H,10-12H2,1-2H3,(H,21,26)(H,22,23)(H,24,25). The van der Waals surface area contributed by atoms with Crippen molar-refractivity contribution in [2.75, 3.05) is 17.6 Å². The van der Waals surface area contributed by atoms with Crippen LogP contribution in [0.3, 0.4) is 0 Å². The Balaban J connectivity index is 1.85. The van der Waals surface area contributed by atoms with Crippen molar-refractivity contribution in [3.05, 3.63) is 64.7 Å². The number of aliphatic carboxylic acids is 1. The number of anilines is 1. The van der Waals surface area contributed by atoms with E-state index in [1.165, 1.54) is 11.8 Å². The predicted octanol–water partition coefficient (Wildman–Crippen LogP) is 2.99. The Kier molecular flexibility index (Phi) is 7.43. The Labute approximate surface area is 162 Å². The molecule has 2 aromatic carbocycles. The molecule has 0 bridgehead atoms. The number of hydrogen-bond donors (Lipinski definition) is 3. The van der Waals surface area contributed by atoms with Crippen LogP contribution >= 0.6 is 11.8 Å². The lowest BCUT2D eigenvalue weighted by Gasteiger charge is -2.09. The SMILES string of the molecule is Cc1ccc(C(=O)NCC(=O)Nc2cccc(CSCC(=O)O)c2)cc1C. The van der Waals surface area contributed by atoms with Crippen molar-refractivity contribution < 1.29 is 19.5 Å². The van der Waals surface area contributed by atoms with Gasteiger partial charge in [-0.15, -0.1) is 11.8 Å². The topological polar surface area (TPSA) is 95.5 Å². The first-order chi connectivity index (χ1) is 12.8. The molecular formula is C20H22N2O4S. The fraction of sp³-hybridized carbons (Fsp3) is 0.250. The summed E-state index contributed by atoms with van der Waals surface area (Å²) in [6.45, 7) is 3.77. The van der Waals surface area contributed by atoms with Gasteiger partial charge in [0, 0.05) is 17.0 Å². The van der Waals surface area contributed by atoms with E-state index in [-0.39, 0.29) is 24.1 Å². The van der Waals surface area contributed by atoms with E-state index < -0.39 is 5.97 Å². The fourth-order valence-corrected chi connectivity index (χ4v) is 3.04. The molecule has 6 nitrogen and oxygen atoms in total. The Morgan fingerprint density at radius 1 is 1.04 bits per heavy atom. The number of nitrogens with one attached hydrogen (secondary N) is 2. The fourth-order valence-electron chi connectivity index (χ4n) is 2.35. The number of rotatable bonds is 8. The van der Waals surface area contributed by atoms with Gasteiger partial charge in [0.05, 0.1) is 12.3 Å². The zero-order chi connectivity index (χ0) is 19.8. The minimum absolute atomic E-state index is 0.0289. The summed E-state index contributed by atoms with van der Waals surface area (Å²) in [6.07, 6.45) is 0. The van der Waals surface area contributed by atoms with Gasteiger partial charge in [-0.1, -0.05) is 18.2 Å². The van der Waals surface area contributed by atoms with Gasteiger partial charge in [-0.05, 0) is 54.8 Å². The van der Waals surface area contributed by atoms with Crippen LogP contribution in [0.4, 0.5) is 5.69 Å². The lowest BCUT2D eigenvalue weighted by molar-refractivity contribution is -0.133. The minimum Gasteiger partial charge on any atom is -0.481 e. The van der Waals surface area contributed by atoms with Gasteiger partial charge in [0.2, 0.25) is 5.91 Å². The van der Waals surface area contributed by atoms with Gasteiger partial charge in [0.15, 0.2) is 0 Å². The highest BCUT2D eigenvalue weighted by molar-refractivity contribution is 7.99. The molecule has 0 fully saturated rings. The zero-order valence-corrected chi connectivity index (χ0v) is 16.1. The molecule has 0 saturated carbocycles. The summed E-state index contributed by atoms with van der Waals surface area (Å²) in [4.78, 5) is 34.8. The molecule has 0 saturated heterocycles. The van der Waals surface area contributed by atoms with Gasteiger partial charge in [-0.2, -0.15) is 0 Å². The summed E-state index contributed by atoms with van der Waals surface area (Å²) < 4.78 is 0. The molecule has 0 unspecified atom stereocenters. The minimum atomic E-state index is -0.857. The van der Waals surface area contributed by atoms with E-state index in [1.54, 1.807) is 30.3 Å². The van der Waals surface area contributed by atoms with Crippen LogP contribution in [0.2, 0.25) is 0 Å². The first-order valence-electron chi connectivity index (χ1n) is 8.39. The maximum atomic E-state index is 12.2. The molecule has 0 aliphatic carbocycles. The highest BCUT2D eigenvalue weighted by Crippen LogP contribution is 2.16. The van der Waals surface area contributed by atoms with Crippen LogP contribution in [-0.2, 0) is 15.3 Å². The summed E-state index contributed by atoms with van der Waals surface area (Å²) in [6, 6.07) is 12.6. The highest BCUT2D eigenvalue weighted by atomic mass is 32.2. The van der Waals surface area contributed by atoms with Crippen molar-refractivity contribution in [1.82, 2.24) is 5.32 Å². The molecule has 2 rings (SSSR count). The quantitative estimate of drug-likeness (QED) is 0.648. The Bertz CT molecular complexity index is 852. The molecule has 0 aliphatic rings. The molecule has 0 aromatic heterocycles. The molecule has 7 heteroatoms. The van der Waals surface area contributed by atoms with E-state index in [2.05, 4.69) is 10.6 Å². The molecular weight excluding hydrogens is 364 g/mol. The van der Waals surface area contributed by atoms with Crippen molar-refractivity contribution in [3.63, 3.8) is 0 Å². The second kappa shape index (κ2) is 9.78. The summed E-state index contributed by atoms with van der Waals surface area (Å²) in [5.41, 5.74) is 4.16. The van der Waals surface area contributed by atoms with Crippen molar-refractivity contribution in [2.45, 2.75) is 19.6 Å². The molecule has 0 spiro atoms. The first kappa shape index (κ1) is 20.5. The Hall–Kier alpha value is -2.80. The number of thioether (sulfide) groups is 1. The molecule has 0 atom stereocenters. The molecule has 0 heterocycles.